The average molecular weight is 370 g/mol. The minimum absolute atomic E-state index is 0.389. The first-order valence-corrected chi connectivity index (χ1v) is 9.06. The van der Waals surface area contributed by atoms with E-state index in [0.717, 1.165) is 18.7 Å². The predicted molar refractivity (Wildman–Crippen MR) is 112 cm³/mol. The van der Waals surface area contributed by atoms with E-state index < -0.39 is 0 Å². The Morgan fingerprint density at radius 2 is 1.81 bits per heavy atom. The quantitative estimate of drug-likeness (QED) is 0.523. The summed E-state index contributed by atoms with van der Waals surface area (Å²) in [6.45, 7) is 3.79. The summed E-state index contributed by atoms with van der Waals surface area (Å²) in [5, 5.41) is 3.09. The number of benzene rings is 2. The van der Waals surface area contributed by atoms with Crippen LogP contribution in [0.3, 0.4) is 0 Å². The number of methoxy groups -OCH3 is 2. The van der Waals surface area contributed by atoms with Crippen molar-refractivity contribution in [3.05, 3.63) is 54.1 Å². The van der Waals surface area contributed by atoms with Crippen LogP contribution in [0.2, 0.25) is 0 Å². The number of nitrogens with one attached hydrogen (secondary N) is 1. The molecule has 1 unspecified atom stereocenters. The molecular formula is C21H30N4O2. The minimum Gasteiger partial charge on any atom is -0.493 e. The van der Waals surface area contributed by atoms with Gasteiger partial charge in [-0.25, -0.2) is 0 Å². The highest BCUT2D eigenvalue weighted by Crippen LogP contribution is 2.29. The van der Waals surface area contributed by atoms with Crippen LogP contribution in [0, 0.1) is 0 Å². The van der Waals surface area contributed by atoms with Crippen LogP contribution in [0.4, 0.5) is 5.69 Å². The van der Waals surface area contributed by atoms with Crippen LogP contribution >= 0.6 is 0 Å². The number of nitrogens with two attached hydrogens (primary N) is 1. The van der Waals surface area contributed by atoms with Crippen molar-refractivity contribution in [3.63, 3.8) is 0 Å². The maximum Gasteiger partial charge on any atom is 0.193 e. The van der Waals surface area contributed by atoms with Crippen LogP contribution in [0.1, 0.15) is 18.9 Å². The van der Waals surface area contributed by atoms with Gasteiger partial charge in [0, 0.05) is 30.9 Å². The predicted octanol–water partition coefficient (Wildman–Crippen LogP) is 3.34. The third-order valence-electron chi connectivity index (χ3n) is 4.51. The Bertz CT molecular complexity index is 734. The molecule has 2 rings (SSSR count). The van der Waals surface area contributed by atoms with Gasteiger partial charge in [-0.2, -0.15) is 0 Å². The van der Waals surface area contributed by atoms with E-state index in [1.807, 2.05) is 24.3 Å². The Morgan fingerprint density at radius 3 is 2.48 bits per heavy atom. The maximum atomic E-state index is 6.01. The molecule has 6 nitrogen and oxygen atoms in total. The fraction of sp³-hybridized carbons (Fsp3) is 0.381. The Labute approximate surface area is 162 Å². The lowest BCUT2D eigenvalue weighted by Crippen LogP contribution is -2.30. The number of guanidine groups is 1. The maximum absolute atomic E-state index is 6.01. The van der Waals surface area contributed by atoms with Crippen molar-refractivity contribution in [1.82, 2.24) is 4.90 Å². The first-order chi connectivity index (χ1) is 13.0. The molecule has 0 heterocycles. The molecule has 0 fully saturated rings. The molecule has 2 aromatic carbocycles. The van der Waals surface area contributed by atoms with Crippen LogP contribution in [-0.2, 0) is 6.54 Å². The summed E-state index contributed by atoms with van der Waals surface area (Å²) in [5.41, 5.74) is 8.13. The highest BCUT2D eigenvalue weighted by Gasteiger charge is 2.09. The van der Waals surface area contributed by atoms with Gasteiger partial charge in [0.05, 0.1) is 14.2 Å². The summed E-state index contributed by atoms with van der Waals surface area (Å²) in [7, 11) is 5.34. The summed E-state index contributed by atoms with van der Waals surface area (Å²) in [6, 6.07) is 16.4. The second-order valence-corrected chi connectivity index (χ2v) is 6.50. The molecule has 0 aliphatic rings. The molecule has 2 aromatic rings. The molecule has 0 aromatic heterocycles. The van der Waals surface area contributed by atoms with Gasteiger partial charge < -0.3 is 20.5 Å². The third-order valence-corrected chi connectivity index (χ3v) is 4.51. The zero-order valence-electron chi connectivity index (χ0n) is 16.6. The van der Waals surface area contributed by atoms with Gasteiger partial charge in [0.1, 0.15) is 0 Å². The van der Waals surface area contributed by atoms with E-state index in [4.69, 9.17) is 15.2 Å². The molecule has 3 N–H and O–H groups in total. The molecule has 0 aliphatic heterocycles. The molecular weight excluding hydrogens is 340 g/mol. The number of nitrogens with zero attached hydrogens (tertiary/aromatic N) is 2. The zero-order valence-corrected chi connectivity index (χ0v) is 16.6. The lowest BCUT2D eigenvalue weighted by molar-refractivity contribution is 0.240. The molecule has 0 saturated carbocycles. The molecule has 6 heteroatoms. The SMILES string of the molecule is COc1ccc(NC(N)=NCCC(C)N(C)Cc2ccccc2)cc1OC. The third kappa shape index (κ3) is 6.49. The summed E-state index contributed by atoms with van der Waals surface area (Å²) >= 11 is 0. The second-order valence-electron chi connectivity index (χ2n) is 6.50. The smallest absolute Gasteiger partial charge is 0.193 e. The van der Waals surface area contributed by atoms with E-state index in [2.05, 4.69) is 53.4 Å². The van der Waals surface area contributed by atoms with Crippen molar-refractivity contribution in [2.24, 2.45) is 10.7 Å². The molecule has 0 bridgehead atoms. The first kappa shape index (κ1) is 20.6. The monoisotopic (exact) mass is 370 g/mol. The molecule has 0 spiro atoms. The lowest BCUT2D eigenvalue weighted by atomic mass is 10.1. The normalized spacial score (nSPS) is 12.7. The van der Waals surface area contributed by atoms with Gasteiger partial charge in [-0.15, -0.1) is 0 Å². The van der Waals surface area contributed by atoms with Crippen molar-refractivity contribution in [2.45, 2.75) is 25.9 Å². The number of aliphatic imine (C=N–C) groups is 1. The number of ether oxygens (including phenoxy) is 2. The van der Waals surface area contributed by atoms with E-state index in [-0.39, 0.29) is 0 Å². The number of hydrogen-bond donors (Lipinski definition) is 2. The number of anilines is 1. The standard InChI is InChI=1S/C21H30N4O2/c1-16(25(2)15-17-8-6-5-7-9-17)12-13-23-21(22)24-18-10-11-19(26-3)20(14-18)27-4/h5-11,14,16H,12-13,15H2,1-4H3,(H3,22,23,24). The van der Waals surface area contributed by atoms with E-state index in [0.29, 0.717) is 30.0 Å². The van der Waals surface area contributed by atoms with E-state index >= 15 is 0 Å². The van der Waals surface area contributed by atoms with Gasteiger partial charge in [-0.05, 0) is 38.1 Å². The highest BCUT2D eigenvalue weighted by atomic mass is 16.5. The van der Waals surface area contributed by atoms with Crippen molar-refractivity contribution in [3.8, 4) is 11.5 Å². The fourth-order valence-electron chi connectivity index (χ4n) is 2.72. The van der Waals surface area contributed by atoms with Crippen LogP contribution in [0.25, 0.3) is 0 Å². The minimum atomic E-state index is 0.389. The van der Waals surface area contributed by atoms with Gasteiger partial charge >= 0.3 is 0 Å². The molecule has 0 radical (unpaired) electrons. The van der Waals surface area contributed by atoms with Crippen molar-refractivity contribution < 1.29 is 9.47 Å². The zero-order chi connectivity index (χ0) is 19.6. The lowest BCUT2D eigenvalue weighted by Gasteiger charge is -2.24. The van der Waals surface area contributed by atoms with Crippen LogP contribution in [-0.4, -0.2) is 44.7 Å². The van der Waals surface area contributed by atoms with Gasteiger partial charge in [0.25, 0.3) is 0 Å². The Kier molecular flexibility index (Phi) is 7.95. The van der Waals surface area contributed by atoms with Gasteiger partial charge in [-0.3, -0.25) is 9.89 Å². The number of rotatable bonds is 9. The fourth-order valence-corrected chi connectivity index (χ4v) is 2.72. The second kappa shape index (κ2) is 10.4. The summed E-state index contributed by atoms with van der Waals surface area (Å²) < 4.78 is 10.5. The Balaban J connectivity index is 1.82. The van der Waals surface area contributed by atoms with Gasteiger partial charge in [-0.1, -0.05) is 30.3 Å². The molecule has 0 amide bonds. The van der Waals surface area contributed by atoms with E-state index in [9.17, 15) is 0 Å². The molecule has 27 heavy (non-hydrogen) atoms. The average Bonchev–Trinajstić information content (AvgIpc) is 2.68. The van der Waals surface area contributed by atoms with Crippen molar-refractivity contribution >= 4 is 11.6 Å². The molecule has 1 atom stereocenters. The van der Waals surface area contributed by atoms with E-state index in [1.54, 1.807) is 14.2 Å². The van der Waals surface area contributed by atoms with Crippen molar-refractivity contribution in [1.29, 1.82) is 0 Å². The summed E-state index contributed by atoms with van der Waals surface area (Å²) in [4.78, 5) is 6.75. The summed E-state index contributed by atoms with van der Waals surface area (Å²) in [5.74, 6) is 1.71. The van der Waals surface area contributed by atoms with Crippen molar-refractivity contribution in [2.75, 3.05) is 33.1 Å². The number of hydrogen-bond acceptors (Lipinski definition) is 4. The van der Waals surface area contributed by atoms with Gasteiger partial charge in [0.15, 0.2) is 17.5 Å². The molecule has 146 valence electrons. The first-order valence-electron chi connectivity index (χ1n) is 9.06. The molecule has 0 saturated heterocycles. The van der Waals surface area contributed by atoms with Crippen LogP contribution in [0.5, 0.6) is 11.5 Å². The highest BCUT2D eigenvalue weighted by molar-refractivity contribution is 5.92. The van der Waals surface area contributed by atoms with Crippen LogP contribution < -0.4 is 20.5 Å². The summed E-state index contributed by atoms with van der Waals surface area (Å²) in [6.07, 6.45) is 0.928. The van der Waals surface area contributed by atoms with Crippen LogP contribution in [0.15, 0.2) is 53.5 Å². The van der Waals surface area contributed by atoms with E-state index in [1.165, 1.54) is 5.56 Å². The Hall–Kier alpha value is -2.73. The molecule has 0 aliphatic carbocycles. The Morgan fingerprint density at radius 1 is 1.11 bits per heavy atom. The topological polar surface area (TPSA) is 72.1 Å². The van der Waals surface area contributed by atoms with Gasteiger partial charge in [0.2, 0.25) is 0 Å². The largest absolute Gasteiger partial charge is 0.493 e.